The van der Waals surface area contributed by atoms with Crippen LogP contribution in [0.2, 0.25) is 0 Å². The van der Waals surface area contributed by atoms with Gasteiger partial charge < -0.3 is 10.6 Å². The minimum atomic E-state index is -4.54. The Bertz CT molecular complexity index is 1330. The van der Waals surface area contributed by atoms with Crippen LogP contribution in [0.4, 0.5) is 29.1 Å². The van der Waals surface area contributed by atoms with Gasteiger partial charge in [0.25, 0.3) is 5.91 Å². The molecule has 35 heavy (non-hydrogen) atoms. The highest BCUT2D eigenvalue weighted by atomic mass is 19.4. The van der Waals surface area contributed by atoms with Crippen LogP contribution in [0.3, 0.4) is 0 Å². The molecule has 3 heterocycles. The molecule has 11 heteroatoms. The van der Waals surface area contributed by atoms with E-state index in [1.165, 1.54) is 18.3 Å². The molecule has 1 aliphatic heterocycles. The summed E-state index contributed by atoms with van der Waals surface area (Å²) in [7, 11) is 0. The Morgan fingerprint density at radius 3 is 2.51 bits per heavy atom. The molecule has 0 aliphatic carbocycles. The topological polar surface area (TPSA) is 76.8 Å². The SMILES string of the molecule is O=C(Nc1cnn(Cc2ccc(F)cc2)c1)c1cnn2c1N[C@@H](c1ccccc1)C[C@@H]2C(F)(F)F. The summed E-state index contributed by atoms with van der Waals surface area (Å²) in [6.07, 6.45) is -0.649. The van der Waals surface area contributed by atoms with Gasteiger partial charge in [0.15, 0.2) is 6.04 Å². The maximum atomic E-state index is 13.8. The van der Waals surface area contributed by atoms with Gasteiger partial charge in [-0.25, -0.2) is 9.07 Å². The van der Waals surface area contributed by atoms with E-state index in [2.05, 4.69) is 20.8 Å². The monoisotopic (exact) mass is 484 g/mol. The Balaban J connectivity index is 1.37. The lowest BCUT2D eigenvalue weighted by Crippen LogP contribution is -2.36. The first-order valence-corrected chi connectivity index (χ1v) is 10.8. The highest BCUT2D eigenvalue weighted by molar-refractivity contribution is 6.07. The minimum Gasteiger partial charge on any atom is -0.363 e. The van der Waals surface area contributed by atoms with Crippen molar-refractivity contribution in [3.8, 4) is 0 Å². The van der Waals surface area contributed by atoms with Gasteiger partial charge in [-0.05, 0) is 23.3 Å². The molecule has 0 bridgehead atoms. The minimum absolute atomic E-state index is 0.00336. The number of hydrogen-bond acceptors (Lipinski definition) is 4. The molecule has 0 radical (unpaired) electrons. The van der Waals surface area contributed by atoms with Gasteiger partial charge in [-0.1, -0.05) is 42.5 Å². The Labute approximate surface area is 197 Å². The first kappa shape index (κ1) is 22.6. The standard InChI is InChI=1S/C24H20F4N6O/c25-17-8-6-15(7-9-17)13-33-14-18(11-29-33)31-23(35)19-12-30-34-21(24(26,27)28)10-20(32-22(19)34)16-4-2-1-3-5-16/h1-9,11-12,14,20-21,32H,10,13H2,(H,31,35)/t20-,21-/m1/s1. The van der Waals surface area contributed by atoms with E-state index in [9.17, 15) is 22.4 Å². The molecule has 2 N–H and O–H groups in total. The fourth-order valence-corrected chi connectivity index (χ4v) is 4.12. The molecule has 1 aliphatic rings. The number of benzene rings is 2. The van der Waals surface area contributed by atoms with Gasteiger partial charge in [0.1, 0.15) is 17.2 Å². The van der Waals surface area contributed by atoms with Crippen LogP contribution in [0.25, 0.3) is 0 Å². The second-order valence-corrected chi connectivity index (χ2v) is 8.26. The van der Waals surface area contributed by atoms with Gasteiger partial charge in [-0.15, -0.1) is 0 Å². The van der Waals surface area contributed by atoms with Gasteiger partial charge in [0.2, 0.25) is 0 Å². The molecule has 4 aromatic rings. The van der Waals surface area contributed by atoms with E-state index in [-0.39, 0.29) is 23.6 Å². The molecule has 7 nitrogen and oxygen atoms in total. The second-order valence-electron chi connectivity index (χ2n) is 8.26. The predicted octanol–water partition coefficient (Wildman–Crippen LogP) is 5.18. The number of alkyl halides is 3. The van der Waals surface area contributed by atoms with E-state index in [1.807, 2.05) is 0 Å². The number of carbonyl (C=O) groups excluding carboxylic acids is 1. The number of fused-ring (bicyclic) bond motifs is 1. The van der Waals surface area contributed by atoms with Crippen LogP contribution in [0.1, 0.15) is 40.0 Å². The summed E-state index contributed by atoms with van der Waals surface area (Å²) in [5.74, 6) is -0.957. The fourth-order valence-electron chi connectivity index (χ4n) is 4.12. The molecule has 0 saturated heterocycles. The van der Waals surface area contributed by atoms with Crippen LogP contribution in [0.5, 0.6) is 0 Å². The lowest BCUT2D eigenvalue weighted by molar-refractivity contribution is -0.173. The Kier molecular flexibility index (Phi) is 5.75. The number of hydrogen-bond donors (Lipinski definition) is 2. The normalized spacial score (nSPS) is 17.5. The van der Waals surface area contributed by atoms with E-state index in [1.54, 1.807) is 53.3 Å². The quantitative estimate of drug-likeness (QED) is 0.383. The predicted molar refractivity (Wildman–Crippen MR) is 120 cm³/mol. The van der Waals surface area contributed by atoms with Crippen molar-refractivity contribution in [3.63, 3.8) is 0 Å². The van der Waals surface area contributed by atoms with E-state index in [4.69, 9.17) is 0 Å². The average Bonchev–Trinajstić information content (AvgIpc) is 3.46. The zero-order valence-corrected chi connectivity index (χ0v) is 18.2. The maximum absolute atomic E-state index is 13.8. The van der Waals surface area contributed by atoms with Crippen molar-refractivity contribution in [2.75, 3.05) is 10.6 Å². The van der Waals surface area contributed by atoms with Crippen molar-refractivity contribution in [1.29, 1.82) is 0 Å². The van der Waals surface area contributed by atoms with Crippen molar-refractivity contribution in [2.45, 2.75) is 31.2 Å². The van der Waals surface area contributed by atoms with Crippen LogP contribution in [0, 0.1) is 5.82 Å². The summed E-state index contributed by atoms with van der Waals surface area (Å²) >= 11 is 0. The zero-order chi connectivity index (χ0) is 24.6. The van der Waals surface area contributed by atoms with Crippen molar-refractivity contribution < 1.29 is 22.4 Å². The zero-order valence-electron chi connectivity index (χ0n) is 18.2. The lowest BCUT2D eigenvalue weighted by Gasteiger charge is -2.34. The number of anilines is 2. The van der Waals surface area contributed by atoms with Gasteiger partial charge in [0, 0.05) is 12.6 Å². The summed E-state index contributed by atoms with van der Waals surface area (Å²) in [6, 6.07) is 12.2. The van der Waals surface area contributed by atoms with E-state index in [0.717, 1.165) is 16.4 Å². The average molecular weight is 484 g/mol. The summed E-state index contributed by atoms with van der Waals surface area (Å²) < 4.78 is 57.0. The van der Waals surface area contributed by atoms with Crippen LogP contribution in [0.15, 0.2) is 73.2 Å². The number of amides is 1. The smallest absolute Gasteiger partial charge is 0.363 e. The first-order valence-electron chi connectivity index (χ1n) is 10.8. The Hall–Kier alpha value is -4.15. The molecule has 0 spiro atoms. The van der Waals surface area contributed by atoms with Crippen molar-refractivity contribution in [3.05, 3.63) is 95.7 Å². The molecule has 1 amide bonds. The van der Waals surface area contributed by atoms with Gasteiger partial charge >= 0.3 is 6.18 Å². The van der Waals surface area contributed by atoms with E-state index >= 15 is 0 Å². The number of nitrogens with one attached hydrogen (secondary N) is 2. The third kappa shape index (κ3) is 4.75. The molecular weight excluding hydrogens is 464 g/mol. The largest absolute Gasteiger partial charge is 0.410 e. The van der Waals surface area contributed by atoms with Crippen molar-refractivity contribution in [2.24, 2.45) is 0 Å². The second kappa shape index (κ2) is 8.90. The third-order valence-electron chi connectivity index (χ3n) is 5.83. The highest BCUT2D eigenvalue weighted by Gasteiger charge is 2.47. The summed E-state index contributed by atoms with van der Waals surface area (Å²) in [5, 5.41) is 13.8. The molecule has 0 fully saturated rings. The van der Waals surface area contributed by atoms with Gasteiger partial charge in [-0.3, -0.25) is 9.48 Å². The molecule has 180 valence electrons. The maximum Gasteiger partial charge on any atom is 0.410 e. The molecule has 2 atom stereocenters. The Morgan fingerprint density at radius 1 is 1.06 bits per heavy atom. The van der Waals surface area contributed by atoms with E-state index < -0.39 is 24.2 Å². The summed E-state index contributed by atoms with van der Waals surface area (Å²) in [6.45, 7) is 0.354. The summed E-state index contributed by atoms with van der Waals surface area (Å²) in [4.78, 5) is 13.0. The fraction of sp³-hybridized carbons (Fsp3) is 0.208. The number of halogens is 4. The first-order chi connectivity index (χ1) is 16.8. The molecule has 5 rings (SSSR count). The van der Waals surface area contributed by atoms with E-state index in [0.29, 0.717) is 17.8 Å². The Morgan fingerprint density at radius 2 is 1.80 bits per heavy atom. The van der Waals surface area contributed by atoms with Crippen molar-refractivity contribution >= 4 is 17.4 Å². The van der Waals surface area contributed by atoms with Crippen LogP contribution in [-0.2, 0) is 6.54 Å². The number of rotatable bonds is 5. The number of nitrogens with zero attached hydrogens (tertiary/aromatic N) is 4. The molecule has 2 aromatic heterocycles. The van der Waals surface area contributed by atoms with Gasteiger partial charge in [-0.2, -0.15) is 23.4 Å². The van der Waals surface area contributed by atoms with Crippen LogP contribution >= 0.6 is 0 Å². The lowest BCUT2D eigenvalue weighted by atomic mass is 9.96. The number of aromatic nitrogens is 4. The highest BCUT2D eigenvalue weighted by Crippen LogP contribution is 2.44. The van der Waals surface area contributed by atoms with Gasteiger partial charge in [0.05, 0.1) is 30.7 Å². The number of carbonyl (C=O) groups is 1. The van der Waals surface area contributed by atoms with Crippen molar-refractivity contribution in [1.82, 2.24) is 19.6 Å². The summed E-state index contributed by atoms with van der Waals surface area (Å²) in [5.41, 5.74) is 1.85. The molecule has 2 aromatic carbocycles. The molecule has 0 unspecified atom stereocenters. The molecule has 0 saturated carbocycles. The van der Waals surface area contributed by atoms with Crippen LogP contribution < -0.4 is 10.6 Å². The van der Waals surface area contributed by atoms with Crippen LogP contribution in [-0.4, -0.2) is 31.6 Å². The molecular formula is C24H20F4N6O. The third-order valence-corrected chi connectivity index (χ3v) is 5.83.